The number of para-hydroxylation sites is 2. The number of nitrogens with one attached hydrogen (secondary N) is 4. The fourth-order valence-corrected chi connectivity index (χ4v) is 4.41. The number of H-pyrrole nitrogens is 2. The van der Waals surface area contributed by atoms with Gasteiger partial charge in [0.25, 0.3) is 0 Å². The normalized spacial score (nSPS) is 14.0. The van der Waals surface area contributed by atoms with Gasteiger partial charge >= 0.3 is 5.97 Å². The van der Waals surface area contributed by atoms with Crippen LogP contribution in [-0.4, -0.2) is 51.0 Å². The van der Waals surface area contributed by atoms with E-state index in [1.807, 2.05) is 54.7 Å². The lowest BCUT2D eigenvalue weighted by atomic mass is 10.00. The van der Waals surface area contributed by atoms with E-state index in [4.69, 9.17) is 5.73 Å². The number of benzene rings is 2. The van der Waals surface area contributed by atoms with Gasteiger partial charge in [0.2, 0.25) is 11.8 Å². The average molecular weight is 490 g/mol. The summed E-state index contributed by atoms with van der Waals surface area (Å²) in [6.45, 7) is 3.57. The summed E-state index contributed by atoms with van der Waals surface area (Å²) in [7, 11) is 0. The molecule has 4 rings (SSSR count). The molecule has 7 N–H and O–H groups in total. The number of hydrogen-bond donors (Lipinski definition) is 6. The summed E-state index contributed by atoms with van der Waals surface area (Å²) in [6, 6.07) is 12.3. The Morgan fingerprint density at radius 1 is 0.833 bits per heavy atom. The van der Waals surface area contributed by atoms with E-state index in [9.17, 15) is 19.5 Å². The molecule has 9 nitrogen and oxygen atoms in total. The van der Waals surface area contributed by atoms with Gasteiger partial charge in [-0.05, 0) is 35.6 Å². The summed E-state index contributed by atoms with van der Waals surface area (Å²) in [6.07, 6.45) is 3.97. The van der Waals surface area contributed by atoms with Crippen LogP contribution in [0, 0.1) is 5.92 Å². The van der Waals surface area contributed by atoms with Crippen LogP contribution in [0.15, 0.2) is 60.9 Å². The molecule has 4 aromatic rings. The number of aromatic nitrogens is 2. The Labute approximate surface area is 208 Å². The first-order valence-corrected chi connectivity index (χ1v) is 11.9. The van der Waals surface area contributed by atoms with Crippen molar-refractivity contribution in [2.75, 3.05) is 0 Å². The summed E-state index contributed by atoms with van der Waals surface area (Å²) >= 11 is 0. The van der Waals surface area contributed by atoms with Gasteiger partial charge in [0, 0.05) is 40.6 Å². The third-order valence-corrected chi connectivity index (χ3v) is 6.41. The van der Waals surface area contributed by atoms with E-state index in [0.29, 0.717) is 6.42 Å². The minimum Gasteiger partial charge on any atom is -0.480 e. The molecule has 0 unspecified atom stereocenters. The van der Waals surface area contributed by atoms with Gasteiger partial charge < -0.3 is 31.4 Å². The van der Waals surface area contributed by atoms with E-state index in [1.165, 1.54) is 0 Å². The zero-order valence-corrected chi connectivity index (χ0v) is 20.2. The van der Waals surface area contributed by atoms with E-state index in [-0.39, 0.29) is 12.3 Å². The number of carbonyl (C=O) groups is 3. The minimum atomic E-state index is -1.16. The molecule has 0 saturated carbocycles. The van der Waals surface area contributed by atoms with Crippen molar-refractivity contribution in [3.05, 3.63) is 72.1 Å². The van der Waals surface area contributed by atoms with Gasteiger partial charge in [-0.25, -0.2) is 4.79 Å². The van der Waals surface area contributed by atoms with Crippen LogP contribution in [0.2, 0.25) is 0 Å². The SMILES string of the molecule is CC(C)[C@H](NC(=O)[C@@H](N)Cc1c[nH]c2ccccc12)C(=O)N[C@@H](Cc1c[nH]c2ccccc12)C(=O)O. The zero-order chi connectivity index (χ0) is 25.8. The summed E-state index contributed by atoms with van der Waals surface area (Å²) in [5.41, 5.74) is 9.71. The molecule has 0 fully saturated rings. The number of hydrogen-bond acceptors (Lipinski definition) is 4. The predicted octanol–water partition coefficient (Wildman–Crippen LogP) is 2.47. The molecule has 2 aromatic heterocycles. The van der Waals surface area contributed by atoms with Crippen LogP contribution in [0.4, 0.5) is 0 Å². The van der Waals surface area contributed by atoms with Crippen molar-refractivity contribution in [1.82, 2.24) is 20.6 Å². The highest BCUT2D eigenvalue weighted by Gasteiger charge is 2.30. The highest BCUT2D eigenvalue weighted by Crippen LogP contribution is 2.20. The largest absolute Gasteiger partial charge is 0.480 e. The molecule has 0 aliphatic carbocycles. The Bertz CT molecular complexity index is 1390. The van der Waals surface area contributed by atoms with Gasteiger partial charge in [0.05, 0.1) is 6.04 Å². The van der Waals surface area contributed by atoms with Crippen molar-refractivity contribution in [2.24, 2.45) is 11.7 Å². The van der Waals surface area contributed by atoms with Crippen LogP contribution in [0.25, 0.3) is 21.8 Å². The molecule has 2 amide bonds. The molecule has 0 bridgehead atoms. The Morgan fingerprint density at radius 2 is 1.36 bits per heavy atom. The maximum absolute atomic E-state index is 13.1. The second-order valence-corrected chi connectivity index (χ2v) is 9.36. The number of aliphatic carboxylic acids is 1. The monoisotopic (exact) mass is 489 g/mol. The van der Waals surface area contributed by atoms with Gasteiger partial charge in [-0.15, -0.1) is 0 Å². The highest BCUT2D eigenvalue weighted by molar-refractivity contribution is 5.93. The number of fused-ring (bicyclic) bond motifs is 2. The molecule has 0 radical (unpaired) electrons. The molecule has 0 aliphatic heterocycles. The number of aromatic amines is 2. The summed E-state index contributed by atoms with van der Waals surface area (Å²) in [5.74, 6) is -2.47. The van der Waals surface area contributed by atoms with Crippen molar-refractivity contribution >= 4 is 39.6 Å². The van der Waals surface area contributed by atoms with Crippen LogP contribution < -0.4 is 16.4 Å². The Morgan fingerprint density at radius 3 is 1.89 bits per heavy atom. The van der Waals surface area contributed by atoms with Gasteiger partial charge in [-0.2, -0.15) is 0 Å². The van der Waals surface area contributed by atoms with Crippen LogP contribution in [-0.2, 0) is 27.2 Å². The van der Waals surface area contributed by atoms with Gasteiger partial charge in [-0.3, -0.25) is 9.59 Å². The maximum atomic E-state index is 13.1. The minimum absolute atomic E-state index is 0.101. The van der Waals surface area contributed by atoms with Gasteiger partial charge in [0.15, 0.2) is 0 Å². The Balaban J connectivity index is 1.42. The van der Waals surface area contributed by atoms with E-state index >= 15 is 0 Å². The number of carbonyl (C=O) groups excluding carboxylic acids is 2. The Kier molecular flexibility index (Phi) is 7.40. The molecule has 0 spiro atoms. The number of carboxylic acid groups (broad SMARTS) is 1. The smallest absolute Gasteiger partial charge is 0.326 e. The second-order valence-electron chi connectivity index (χ2n) is 9.36. The number of nitrogens with two attached hydrogens (primary N) is 1. The topological polar surface area (TPSA) is 153 Å². The standard InChI is InChI=1S/C27H31N5O4/c1-15(2)24(32-25(33)20(28)11-16-13-29-21-9-5-3-7-18(16)21)26(34)31-23(27(35)36)12-17-14-30-22-10-6-4-8-19(17)22/h3-10,13-15,20,23-24,29-30H,11-12,28H2,1-2H3,(H,31,34)(H,32,33)(H,35,36)/t20-,23-,24-/m0/s1. The lowest BCUT2D eigenvalue weighted by Gasteiger charge is -2.25. The quantitative estimate of drug-likeness (QED) is 0.202. The fraction of sp³-hybridized carbons (Fsp3) is 0.296. The molecule has 3 atom stereocenters. The molecular formula is C27H31N5O4. The van der Waals surface area contributed by atoms with Crippen molar-refractivity contribution in [1.29, 1.82) is 0 Å². The predicted molar refractivity (Wildman–Crippen MR) is 138 cm³/mol. The van der Waals surface area contributed by atoms with Crippen molar-refractivity contribution in [3.8, 4) is 0 Å². The zero-order valence-electron chi connectivity index (χ0n) is 20.2. The second kappa shape index (κ2) is 10.7. The summed E-state index contributed by atoms with van der Waals surface area (Å²) in [5, 5.41) is 17.0. The summed E-state index contributed by atoms with van der Waals surface area (Å²) in [4.78, 5) is 44.2. The first kappa shape index (κ1) is 25.0. The van der Waals surface area contributed by atoms with E-state index in [0.717, 1.165) is 32.9 Å². The number of rotatable bonds is 10. The molecule has 0 saturated heterocycles. The van der Waals surface area contributed by atoms with E-state index in [2.05, 4.69) is 20.6 Å². The molecule has 2 heterocycles. The van der Waals surface area contributed by atoms with Crippen molar-refractivity contribution in [3.63, 3.8) is 0 Å². The molecule has 9 heteroatoms. The third-order valence-electron chi connectivity index (χ3n) is 6.41. The number of carboxylic acids is 1. The maximum Gasteiger partial charge on any atom is 0.326 e. The molecule has 188 valence electrons. The first-order chi connectivity index (χ1) is 17.2. The Hall–Kier alpha value is -4.11. The molecular weight excluding hydrogens is 458 g/mol. The van der Waals surface area contributed by atoms with E-state index < -0.39 is 35.9 Å². The summed E-state index contributed by atoms with van der Waals surface area (Å²) < 4.78 is 0. The van der Waals surface area contributed by atoms with Gasteiger partial charge in [0.1, 0.15) is 12.1 Å². The molecule has 2 aromatic carbocycles. The van der Waals surface area contributed by atoms with E-state index in [1.54, 1.807) is 20.0 Å². The van der Waals surface area contributed by atoms with Crippen LogP contribution in [0.3, 0.4) is 0 Å². The van der Waals surface area contributed by atoms with Crippen LogP contribution >= 0.6 is 0 Å². The molecule has 0 aliphatic rings. The molecule has 36 heavy (non-hydrogen) atoms. The van der Waals surface area contributed by atoms with Crippen LogP contribution in [0.5, 0.6) is 0 Å². The van der Waals surface area contributed by atoms with Crippen LogP contribution in [0.1, 0.15) is 25.0 Å². The number of amides is 2. The lowest BCUT2D eigenvalue weighted by Crippen LogP contribution is -2.56. The van der Waals surface area contributed by atoms with Crippen molar-refractivity contribution in [2.45, 2.75) is 44.8 Å². The van der Waals surface area contributed by atoms with Gasteiger partial charge in [-0.1, -0.05) is 50.2 Å². The fourth-order valence-electron chi connectivity index (χ4n) is 4.41. The lowest BCUT2D eigenvalue weighted by molar-refractivity contribution is -0.142. The van der Waals surface area contributed by atoms with Crippen molar-refractivity contribution < 1.29 is 19.5 Å². The first-order valence-electron chi connectivity index (χ1n) is 11.9. The highest BCUT2D eigenvalue weighted by atomic mass is 16.4. The third kappa shape index (κ3) is 5.41. The average Bonchev–Trinajstić information content (AvgIpc) is 3.46.